The van der Waals surface area contributed by atoms with Crippen molar-refractivity contribution in [2.75, 3.05) is 32.0 Å². The molecule has 0 radical (unpaired) electrons. The highest BCUT2D eigenvalue weighted by molar-refractivity contribution is 5.76. The van der Waals surface area contributed by atoms with E-state index >= 15 is 0 Å². The van der Waals surface area contributed by atoms with Crippen molar-refractivity contribution in [3.05, 3.63) is 24.3 Å². The summed E-state index contributed by atoms with van der Waals surface area (Å²) in [6.07, 6.45) is 2.47. The summed E-state index contributed by atoms with van der Waals surface area (Å²) in [6, 6.07) is 7.52. The van der Waals surface area contributed by atoms with Crippen LogP contribution in [-0.2, 0) is 4.79 Å². The molecule has 1 aromatic carbocycles. The van der Waals surface area contributed by atoms with E-state index in [1.165, 1.54) is 0 Å². The first-order valence-electron chi connectivity index (χ1n) is 7.67. The van der Waals surface area contributed by atoms with E-state index in [9.17, 15) is 4.79 Å². The molecule has 1 heterocycles. The number of likely N-dealkylation sites (tertiary alicyclic amines) is 1. The molecule has 2 rings (SSSR count). The highest BCUT2D eigenvalue weighted by atomic mass is 16.5. The van der Waals surface area contributed by atoms with Crippen LogP contribution in [0.5, 0.6) is 5.75 Å². The van der Waals surface area contributed by atoms with Crippen LogP contribution in [0.25, 0.3) is 0 Å². The summed E-state index contributed by atoms with van der Waals surface area (Å²) in [5.41, 5.74) is 6.31. The fourth-order valence-electron chi connectivity index (χ4n) is 2.52. The van der Waals surface area contributed by atoms with E-state index in [2.05, 4.69) is 17.1 Å². The minimum absolute atomic E-state index is 0.0698. The molecule has 0 bridgehead atoms. The maximum atomic E-state index is 11.9. The molecule has 1 amide bonds. The fraction of sp³-hybridized carbons (Fsp3) is 0.562. The number of hydrogen-bond acceptors (Lipinski definition) is 4. The largest absolute Gasteiger partial charge is 0.493 e. The first-order chi connectivity index (χ1) is 10.2. The van der Waals surface area contributed by atoms with Gasteiger partial charge in [-0.05, 0) is 43.7 Å². The molecule has 0 aromatic heterocycles. The van der Waals surface area contributed by atoms with E-state index in [0.29, 0.717) is 24.8 Å². The lowest BCUT2D eigenvalue weighted by atomic mass is 10.1. The Morgan fingerprint density at radius 1 is 1.33 bits per heavy atom. The third-order valence-corrected chi connectivity index (χ3v) is 3.88. The molecule has 1 aliphatic rings. The van der Waals surface area contributed by atoms with Crippen molar-refractivity contribution in [3.63, 3.8) is 0 Å². The van der Waals surface area contributed by atoms with Crippen molar-refractivity contribution < 1.29 is 9.53 Å². The lowest BCUT2D eigenvalue weighted by molar-refractivity contribution is -0.122. The summed E-state index contributed by atoms with van der Waals surface area (Å²) in [7, 11) is 0. The quantitative estimate of drug-likeness (QED) is 0.782. The minimum atomic E-state index is 0.0698. The SMILES string of the molecule is CCN1CCC(NC(=O)CCOc2ccc(N)cc2)CC1. The van der Waals surface area contributed by atoms with Gasteiger partial charge in [-0.15, -0.1) is 0 Å². The van der Waals surface area contributed by atoms with Crippen molar-refractivity contribution in [3.8, 4) is 5.75 Å². The molecule has 1 saturated heterocycles. The Hall–Kier alpha value is -1.75. The van der Waals surface area contributed by atoms with Crippen LogP contribution in [0.3, 0.4) is 0 Å². The smallest absolute Gasteiger partial charge is 0.223 e. The molecule has 5 nitrogen and oxygen atoms in total. The number of nitrogens with zero attached hydrogens (tertiary/aromatic N) is 1. The van der Waals surface area contributed by atoms with E-state index in [1.807, 2.05) is 12.1 Å². The monoisotopic (exact) mass is 291 g/mol. The van der Waals surface area contributed by atoms with E-state index in [-0.39, 0.29) is 5.91 Å². The standard InChI is InChI=1S/C16H25N3O2/c1-2-19-10-7-14(8-11-19)18-16(20)9-12-21-15-5-3-13(17)4-6-15/h3-6,14H,2,7-12,17H2,1H3,(H,18,20). The fourth-order valence-corrected chi connectivity index (χ4v) is 2.52. The third-order valence-electron chi connectivity index (χ3n) is 3.88. The molecule has 0 atom stereocenters. The summed E-state index contributed by atoms with van der Waals surface area (Å²) in [5.74, 6) is 0.814. The Morgan fingerprint density at radius 2 is 2.00 bits per heavy atom. The molecule has 21 heavy (non-hydrogen) atoms. The lowest BCUT2D eigenvalue weighted by Gasteiger charge is -2.31. The van der Waals surface area contributed by atoms with Gasteiger partial charge < -0.3 is 20.7 Å². The number of carbonyl (C=O) groups excluding carboxylic acids is 1. The van der Waals surface area contributed by atoms with Crippen molar-refractivity contribution in [2.24, 2.45) is 0 Å². The molecule has 5 heteroatoms. The molecular formula is C16H25N3O2. The van der Waals surface area contributed by atoms with Crippen molar-refractivity contribution in [1.29, 1.82) is 0 Å². The van der Waals surface area contributed by atoms with Crippen LogP contribution in [0.15, 0.2) is 24.3 Å². The van der Waals surface area contributed by atoms with Crippen LogP contribution in [0, 0.1) is 0 Å². The summed E-state index contributed by atoms with van der Waals surface area (Å²) >= 11 is 0. The molecular weight excluding hydrogens is 266 g/mol. The van der Waals surface area contributed by atoms with E-state index < -0.39 is 0 Å². The van der Waals surface area contributed by atoms with E-state index in [0.717, 1.165) is 38.2 Å². The zero-order valence-electron chi connectivity index (χ0n) is 12.7. The predicted molar refractivity (Wildman–Crippen MR) is 84.2 cm³/mol. The van der Waals surface area contributed by atoms with Gasteiger partial charge in [-0.1, -0.05) is 6.92 Å². The number of nitrogen functional groups attached to an aromatic ring is 1. The van der Waals surface area contributed by atoms with Gasteiger partial charge in [-0.25, -0.2) is 0 Å². The third kappa shape index (κ3) is 5.27. The van der Waals surface area contributed by atoms with E-state index in [1.54, 1.807) is 12.1 Å². The Bertz CT molecular complexity index is 439. The summed E-state index contributed by atoms with van der Waals surface area (Å²) in [6.45, 7) is 5.81. The van der Waals surface area contributed by atoms with Gasteiger partial charge in [0.1, 0.15) is 5.75 Å². The Kier molecular flexibility index (Phi) is 5.87. The molecule has 1 aliphatic heterocycles. The van der Waals surface area contributed by atoms with Crippen molar-refractivity contribution in [1.82, 2.24) is 10.2 Å². The van der Waals surface area contributed by atoms with Gasteiger partial charge in [0, 0.05) is 24.8 Å². The van der Waals surface area contributed by atoms with Gasteiger partial charge >= 0.3 is 0 Å². The van der Waals surface area contributed by atoms with Gasteiger partial charge in [0.05, 0.1) is 13.0 Å². The number of carbonyl (C=O) groups is 1. The van der Waals surface area contributed by atoms with Crippen molar-refractivity contribution >= 4 is 11.6 Å². The van der Waals surface area contributed by atoms with Crippen molar-refractivity contribution in [2.45, 2.75) is 32.2 Å². The Labute approximate surface area is 126 Å². The topological polar surface area (TPSA) is 67.6 Å². The van der Waals surface area contributed by atoms with Gasteiger partial charge in [-0.3, -0.25) is 4.79 Å². The first-order valence-corrected chi connectivity index (χ1v) is 7.67. The van der Waals surface area contributed by atoms with Crippen LogP contribution in [0.4, 0.5) is 5.69 Å². The van der Waals surface area contributed by atoms with Gasteiger partial charge in [-0.2, -0.15) is 0 Å². The second-order valence-electron chi connectivity index (χ2n) is 5.44. The molecule has 3 N–H and O–H groups in total. The maximum absolute atomic E-state index is 11.9. The first kappa shape index (κ1) is 15.6. The Balaban J connectivity index is 1.62. The number of ether oxygens (including phenoxy) is 1. The number of anilines is 1. The zero-order chi connectivity index (χ0) is 15.1. The molecule has 1 fully saturated rings. The Morgan fingerprint density at radius 3 is 2.62 bits per heavy atom. The second-order valence-corrected chi connectivity index (χ2v) is 5.44. The van der Waals surface area contributed by atoms with Crippen LogP contribution >= 0.6 is 0 Å². The van der Waals surface area contributed by atoms with Gasteiger partial charge in [0.15, 0.2) is 0 Å². The summed E-state index contributed by atoms with van der Waals surface area (Å²) in [5, 5.41) is 3.09. The van der Waals surface area contributed by atoms with Gasteiger partial charge in [0.25, 0.3) is 0 Å². The average molecular weight is 291 g/mol. The number of amides is 1. The number of rotatable bonds is 6. The van der Waals surface area contributed by atoms with Crippen LogP contribution in [-0.4, -0.2) is 43.1 Å². The molecule has 0 saturated carbocycles. The second kappa shape index (κ2) is 7.88. The summed E-state index contributed by atoms with van der Waals surface area (Å²) < 4.78 is 5.53. The number of hydrogen-bond donors (Lipinski definition) is 2. The highest BCUT2D eigenvalue weighted by Crippen LogP contribution is 2.13. The summed E-state index contributed by atoms with van der Waals surface area (Å²) in [4.78, 5) is 14.3. The predicted octanol–water partition coefficient (Wildman–Crippen LogP) is 1.64. The molecule has 0 aliphatic carbocycles. The van der Waals surface area contributed by atoms with Crippen LogP contribution < -0.4 is 15.8 Å². The molecule has 1 aromatic rings. The van der Waals surface area contributed by atoms with E-state index in [4.69, 9.17) is 10.5 Å². The average Bonchev–Trinajstić information content (AvgIpc) is 2.50. The minimum Gasteiger partial charge on any atom is -0.493 e. The number of nitrogens with two attached hydrogens (primary N) is 1. The lowest BCUT2D eigenvalue weighted by Crippen LogP contribution is -2.44. The number of benzene rings is 1. The normalized spacial score (nSPS) is 16.6. The highest BCUT2D eigenvalue weighted by Gasteiger charge is 2.19. The number of nitrogens with one attached hydrogen (secondary N) is 1. The van der Waals surface area contributed by atoms with Crippen LogP contribution in [0.2, 0.25) is 0 Å². The van der Waals surface area contributed by atoms with Gasteiger partial charge in [0.2, 0.25) is 5.91 Å². The zero-order valence-corrected chi connectivity index (χ0v) is 12.7. The van der Waals surface area contributed by atoms with Crippen LogP contribution in [0.1, 0.15) is 26.2 Å². The molecule has 0 spiro atoms. The number of piperidine rings is 1. The molecule has 0 unspecified atom stereocenters. The maximum Gasteiger partial charge on any atom is 0.223 e. The molecule has 116 valence electrons.